The van der Waals surface area contributed by atoms with E-state index < -0.39 is 82.6 Å². The fourth-order valence-corrected chi connectivity index (χ4v) is 4.52. The van der Waals surface area contributed by atoms with Gasteiger partial charge in [0.25, 0.3) is 0 Å². The van der Waals surface area contributed by atoms with Gasteiger partial charge in [-0.1, -0.05) is 41.4 Å². The molecule has 1 aliphatic carbocycles. The van der Waals surface area contributed by atoms with Crippen molar-refractivity contribution in [2.45, 2.75) is 50.6 Å². The monoisotopic (exact) mass is 637 g/mol. The summed E-state index contributed by atoms with van der Waals surface area (Å²) >= 11 is 11.7. The van der Waals surface area contributed by atoms with Gasteiger partial charge in [-0.2, -0.15) is 39.5 Å². The van der Waals surface area contributed by atoms with Crippen molar-refractivity contribution in [1.29, 1.82) is 0 Å². The molecule has 1 unspecified atom stereocenters. The first-order chi connectivity index (χ1) is 18.6. The Morgan fingerprint density at radius 3 is 2.10 bits per heavy atom. The number of aryl methyl sites for hydroxylation is 1. The van der Waals surface area contributed by atoms with Crippen LogP contribution in [-0.2, 0) is 11.0 Å². The zero-order valence-electron chi connectivity index (χ0n) is 20.7. The van der Waals surface area contributed by atoms with E-state index in [0.29, 0.717) is 12.1 Å². The minimum Gasteiger partial charge on any atom is -0.346 e. The van der Waals surface area contributed by atoms with Crippen molar-refractivity contribution in [2.24, 2.45) is 5.41 Å². The first kappa shape index (κ1) is 32.7. The van der Waals surface area contributed by atoms with Crippen LogP contribution in [0.1, 0.15) is 57.8 Å². The van der Waals surface area contributed by atoms with Crippen molar-refractivity contribution < 1.29 is 53.5 Å². The Kier molecular flexibility index (Phi) is 9.15. The maximum Gasteiger partial charge on any atom is 0.417 e. The molecule has 0 saturated heterocycles. The highest BCUT2D eigenvalue weighted by Crippen LogP contribution is 2.50. The van der Waals surface area contributed by atoms with Crippen LogP contribution in [0, 0.1) is 12.3 Å². The fourth-order valence-electron chi connectivity index (χ4n) is 4.13. The van der Waals surface area contributed by atoms with Gasteiger partial charge in [0.05, 0.1) is 21.0 Å². The molecule has 1 saturated carbocycles. The van der Waals surface area contributed by atoms with Crippen molar-refractivity contribution in [3.05, 3.63) is 74.3 Å². The zero-order chi connectivity index (χ0) is 31.1. The van der Waals surface area contributed by atoms with Crippen LogP contribution in [0.4, 0.5) is 43.9 Å². The predicted octanol–water partition coefficient (Wildman–Crippen LogP) is 9.01. The van der Waals surface area contributed by atoms with Crippen molar-refractivity contribution >= 4 is 40.7 Å². The second kappa shape index (κ2) is 11.5. The Balaban J connectivity index is 1.96. The molecule has 1 amide bonds. The van der Waals surface area contributed by atoms with E-state index in [0.717, 1.165) is 12.1 Å². The molecule has 0 aromatic heterocycles. The second-order valence-corrected chi connectivity index (χ2v) is 10.4. The average molecular weight is 638 g/mol. The van der Waals surface area contributed by atoms with Gasteiger partial charge in [0.1, 0.15) is 18.3 Å². The van der Waals surface area contributed by atoms with Crippen LogP contribution in [0.2, 0.25) is 10.0 Å². The number of hydrogen-bond donors (Lipinski definition) is 1. The maximum atomic E-state index is 15.1. The second-order valence-electron chi connectivity index (χ2n) is 9.60. The molecule has 0 radical (unpaired) electrons. The van der Waals surface area contributed by atoms with Gasteiger partial charge in [-0.15, -0.1) is 0 Å². The third-order valence-electron chi connectivity index (χ3n) is 6.44. The highest BCUT2D eigenvalue weighted by molar-refractivity contribution is 6.42. The normalized spacial score (nSPS) is 16.4. The summed E-state index contributed by atoms with van der Waals surface area (Å²) in [5, 5.41) is 1.30. The molecular formula is C26H19Cl2F10NO2. The van der Waals surface area contributed by atoms with Gasteiger partial charge in [-0.05, 0) is 49.1 Å². The summed E-state index contributed by atoms with van der Waals surface area (Å²) in [7, 11) is 0. The molecule has 1 fully saturated rings. The number of benzene rings is 2. The molecule has 0 aliphatic heterocycles. The van der Waals surface area contributed by atoms with E-state index in [9.17, 15) is 49.1 Å². The highest BCUT2D eigenvalue weighted by atomic mass is 35.5. The molecular weight excluding hydrogens is 619 g/mol. The Morgan fingerprint density at radius 1 is 1.00 bits per heavy atom. The molecule has 0 spiro atoms. The van der Waals surface area contributed by atoms with Crippen molar-refractivity contribution in [1.82, 2.24) is 5.32 Å². The van der Waals surface area contributed by atoms with E-state index in [1.54, 1.807) is 5.32 Å². The molecule has 41 heavy (non-hydrogen) atoms. The number of halogens is 12. The summed E-state index contributed by atoms with van der Waals surface area (Å²) in [5.74, 6) is -6.73. The number of rotatable bonds is 8. The van der Waals surface area contributed by atoms with E-state index in [4.69, 9.17) is 23.2 Å². The molecule has 1 atom stereocenters. The van der Waals surface area contributed by atoms with Crippen molar-refractivity contribution in [3.8, 4) is 0 Å². The van der Waals surface area contributed by atoms with Gasteiger partial charge in [0.2, 0.25) is 5.91 Å². The lowest BCUT2D eigenvalue weighted by Crippen LogP contribution is -2.39. The van der Waals surface area contributed by atoms with Crippen LogP contribution >= 0.6 is 23.2 Å². The minimum absolute atomic E-state index is 0.0401. The fraction of sp³-hybridized carbons (Fsp3) is 0.385. The molecule has 3 nitrogen and oxygen atoms in total. The molecule has 0 heterocycles. The zero-order valence-corrected chi connectivity index (χ0v) is 22.2. The average Bonchev–Trinajstić information content (AvgIpc) is 3.62. The number of hydrogen-bond acceptors (Lipinski definition) is 2. The number of allylic oxidation sites excluding steroid dienone is 1. The first-order valence-corrected chi connectivity index (χ1v) is 12.4. The standard InChI is InChI=1S/C26H19Cl2F10NO2/c1-12-6-14(8-18(27)21(12)28)16(25(33,34)35)9-19(29)13-2-3-15(17(7-13)26(36,37)38)20(40)10-23(4-5-23)22(41)39-11-24(30,31)32/h2-3,6-9,16H,4-5,10-11H2,1H3,(H,39,41)/b19-9-. The first-order valence-electron chi connectivity index (χ1n) is 11.6. The molecule has 3 rings (SSSR count). The van der Waals surface area contributed by atoms with Gasteiger partial charge in [-0.25, -0.2) is 4.39 Å². The van der Waals surface area contributed by atoms with Crippen LogP contribution < -0.4 is 5.32 Å². The highest BCUT2D eigenvalue weighted by Gasteiger charge is 2.52. The Labute approximate surface area is 236 Å². The number of carbonyl (C=O) groups is 2. The van der Waals surface area contributed by atoms with Gasteiger partial charge < -0.3 is 5.32 Å². The summed E-state index contributed by atoms with van der Waals surface area (Å²) in [6, 6.07) is 3.20. The lowest BCUT2D eigenvalue weighted by Gasteiger charge is -2.20. The Morgan fingerprint density at radius 2 is 1.61 bits per heavy atom. The lowest BCUT2D eigenvalue weighted by atomic mass is 9.90. The quantitative estimate of drug-likeness (QED) is 0.232. The Bertz CT molecular complexity index is 1350. The summed E-state index contributed by atoms with van der Waals surface area (Å²) < 4.78 is 135. The number of nitrogens with one attached hydrogen (secondary N) is 1. The number of alkyl halides is 9. The summed E-state index contributed by atoms with van der Waals surface area (Å²) in [5.41, 5.74) is -5.65. The molecule has 1 N–H and O–H groups in total. The number of ketones is 1. The van der Waals surface area contributed by atoms with Gasteiger partial charge in [0.15, 0.2) is 5.78 Å². The SMILES string of the molecule is Cc1cc(C(/C=C(\F)c2ccc(C(=O)CC3(C(=O)NCC(F)(F)F)CC3)c(C(F)(F)F)c2)C(F)(F)F)cc(Cl)c1Cl. The van der Waals surface area contributed by atoms with Crippen molar-refractivity contribution in [2.75, 3.05) is 6.54 Å². The smallest absolute Gasteiger partial charge is 0.346 e. The predicted molar refractivity (Wildman–Crippen MR) is 130 cm³/mol. The summed E-state index contributed by atoms with van der Waals surface area (Å²) in [4.78, 5) is 24.9. The largest absolute Gasteiger partial charge is 0.417 e. The molecule has 15 heteroatoms. The van der Waals surface area contributed by atoms with Gasteiger partial charge >= 0.3 is 18.5 Å². The van der Waals surface area contributed by atoms with Gasteiger partial charge in [0, 0.05) is 17.5 Å². The number of Topliss-reactive ketones (excluding diaryl/α,β-unsaturated/α-hetero) is 1. The third kappa shape index (κ3) is 7.94. The van der Waals surface area contributed by atoms with Crippen LogP contribution in [-0.4, -0.2) is 30.6 Å². The van der Waals surface area contributed by atoms with E-state index in [1.807, 2.05) is 0 Å². The van der Waals surface area contributed by atoms with Crippen molar-refractivity contribution in [3.63, 3.8) is 0 Å². The van der Waals surface area contributed by atoms with E-state index in [-0.39, 0.29) is 40.6 Å². The van der Waals surface area contributed by atoms with E-state index >= 15 is 4.39 Å². The van der Waals surface area contributed by atoms with Crippen LogP contribution in [0.25, 0.3) is 5.83 Å². The molecule has 0 bridgehead atoms. The van der Waals surface area contributed by atoms with E-state index in [1.165, 1.54) is 6.92 Å². The van der Waals surface area contributed by atoms with Crippen LogP contribution in [0.3, 0.4) is 0 Å². The van der Waals surface area contributed by atoms with Gasteiger partial charge in [-0.3, -0.25) is 9.59 Å². The maximum absolute atomic E-state index is 15.1. The third-order valence-corrected chi connectivity index (χ3v) is 7.34. The number of amides is 1. The molecule has 224 valence electrons. The lowest BCUT2D eigenvalue weighted by molar-refractivity contribution is -0.141. The summed E-state index contributed by atoms with van der Waals surface area (Å²) in [6.45, 7) is -0.348. The minimum atomic E-state index is -5.28. The van der Waals surface area contributed by atoms with E-state index in [2.05, 4.69) is 0 Å². The van der Waals surface area contributed by atoms with Crippen LogP contribution in [0.5, 0.6) is 0 Å². The number of carbonyl (C=O) groups excluding carboxylic acids is 2. The molecule has 2 aromatic rings. The van der Waals surface area contributed by atoms with Crippen LogP contribution in [0.15, 0.2) is 36.4 Å². The summed E-state index contributed by atoms with van der Waals surface area (Å²) in [6.07, 6.45) is -16.0. The Hall–Kier alpha value is -2.80. The molecule has 2 aromatic carbocycles. The topological polar surface area (TPSA) is 46.2 Å². The molecule has 1 aliphatic rings.